The summed E-state index contributed by atoms with van der Waals surface area (Å²) < 4.78 is 33.1. The van der Waals surface area contributed by atoms with Gasteiger partial charge in [0.25, 0.3) is 6.36 Å². The summed E-state index contributed by atoms with van der Waals surface area (Å²) in [5.74, 6) is -0.329. The van der Waals surface area contributed by atoms with Gasteiger partial charge in [0.05, 0.1) is 13.4 Å². The molecule has 1 unspecified atom stereocenters. The quantitative estimate of drug-likeness (QED) is 0.503. The Morgan fingerprint density at radius 3 is 2.27 bits per heavy atom. The maximum absolute atomic E-state index is 11.6. The number of esters is 1. The first-order chi connectivity index (χ1) is 7.06. The van der Waals surface area contributed by atoms with Gasteiger partial charge in [0, 0.05) is 6.92 Å². The lowest BCUT2D eigenvalue weighted by Crippen LogP contribution is -1.98. The molecule has 5 nitrogen and oxygen atoms in total. The molecule has 0 bridgehead atoms. The maximum Gasteiger partial charge on any atom is 0.511 e. The Kier molecular flexibility index (Phi) is 11.0. The van der Waals surface area contributed by atoms with Gasteiger partial charge in [0.2, 0.25) is 0 Å². The number of alkyl halides is 2. The number of cyclic esters (lactones) is 2. The lowest BCUT2D eigenvalue weighted by atomic mass is 10.8. The van der Waals surface area contributed by atoms with Crippen LogP contribution in [0.25, 0.3) is 0 Å². The minimum absolute atomic E-state index is 0.265. The standard InChI is InChI=1S/C4H6O2.C3H3FO3.CH3F/c1-3-6-4(2)5;4-2-1-6-3(5)7-2;1-2/h3H,1H2,2H3;2H,1H2;1H3. The van der Waals surface area contributed by atoms with E-state index in [9.17, 15) is 18.4 Å². The molecule has 88 valence electrons. The number of carbonyl (C=O) groups is 2. The van der Waals surface area contributed by atoms with Crippen molar-refractivity contribution in [2.45, 2.75) is 13.3 Å². The van der Waals surface area contributed by atoms with Crippen molar-refractivity contribution in [3.63, 3.8) is 0 Å². The molecule has 0 spiro atoms. The lowest BCUT2D eigenvalue weighted by Gasteiger charge is -1.85. The smallest absolute Gasteiger partial charge is 0.435 e. The molecule has 1 fully saturated rings. The van der Waals surface area contributed by atoms with Gasteiger partial charge >= 0.3 is 12.1 Å². The molecule has 1 atom stereocenters. The summed E-state index contributed by atoms with van der Waals surface area (Å²) >= 11 is 0. The van der Waals surface area contributed by atoms with E-state index < -0.39 is 12.5 Å². The highest BCUT2D eigenvalue weighted by atomic mass is 19.1. The number of halogens is 2. The van der Waals surface area contributed by atoms with Crippen molar-refractivity contribution >= 4 is 12.1 Å². The van der Waals surface area contributed by atoms with Crippen LogP contribution in [0.3, 0.4) is 0 Å². The number of hydrogen-bond acceptors (Lipinski definition) is 5. The zero-order valence-corrected chi connectivity index (χ0v) is 8.37. The highest BCUT2D eigenvalue weighted by molar-refractivity contribution is 5.66. The highest BCUT2D eigenvalue weighted by Crippen LogP contribution is 2.05. The van der Waals surface area contributed by atoms with Crippen molar-refractivity contribution in [1.82, 2.24) is 0 Å². The Labute approximate surface area is 85.6 Å². The second kappa shape index (κ2) is 10.4. The molecule has 0 aromatic heterocycles. The predicted molar refractivity (Wildman–Crippen MR) is 46.3 cm³/mol. The topological polar surface area (TPSA) is 61.8 Å². The Balaban J connectivity index is 0. The fraction of sp³-hybridized carbons (Fsp3) is 0.500. The van der Waals surface area contributed by atoms with Crippen LogP contribution < -0.4 is 0 Å². The van der Waals surface area contributed by atoms with Crippen molar-refractivity contribution < 1.29 is 32.6 Å². The maximum atomic E-state index is 11.6. The average Bonchev–Trinajstić information content (AvgIpc) is 2.54. The van der Waals surface area contributed by atoms with Crippen molar-refractivity contribution in [2.24, 2.45) is 0 Å². The lowest BCUT2D eigenvalue weighted by molar-refractivity contribution is -0.135. The second-order valence-electron chi connectivity index (χ2n) is 1.87. The van der Waals surface area contributed by atoms with E-state index in [0.717, 1.165) is 6.26 Å². The summed E-state index contributed by atoms with van der Waals surface area (Å²) in [7, 11) is 0.500. The van der Waals surface area contributed by atoms with Gasteiger partial charge in [0.15, 0.2) is 6.61 Å². The van der Waals surface area contributed by atoms with Crippen molar-refractivity contribution in [2.75, 3.05) is 13.8 Å². The van der Waals surface area contributed by atoms with Gasteiger partial charge in [-0.2, -0.15) is 4.39 Å². The van der Waals surface area contributed by atoms with E-state index in [2.05, 4.69) is 20.8 Å². The van der Waals surface area contributed by atoms with E-state index in [4.69, 9.17) is 0 Å². The van der Waals surface area contributed by atoms with Gasteiger partial charge in [-0.1, -0.05) is 6.58 Å². The van der Waals surface area contributed by atoms with E-state index in [1.54, 1.807) is 0 Å². The highest BCUT2D eigenvalue weighted by Gasteiger charge is 2.23. The summed E-state index contributed by atoms with van der Waals surface area (Å²) in [6.07, 6.45) is -1.37. The second-order valence-corrected chi connectivity index (χ2v) is 1.87. The van der Waals surface area contributed by atoms with Crippen LogP contribution in [0.15, 0.2) is 12.8 Å². The van der Waals surface area contributed by atoms with Crippen LogP contribution in [0.1, 0.15) is 6.92 Å². The molecule has 15 heavy (non-hydrogen) atoms. The first-order valence-corrected chi connectivity index (χ1v) is 3.69. The molecular weight excluding hydrogens is 214 g/mol. The predicted octanol–water partition coefficient (Wildman–Crippen LogP) is 1.73. The molecule has 1 aliphatic heterocycles. The van der Waals surface area contributed by atoms with Crippen LogP contribution in [0.4, 0.5) is 13.6 Å². The number of ether oxygens (including phenoxy) is 3. The number of carbonyl (C=O) groups excluding carboxylic acids is 2. The van der Waals surface area contributed by atoms with Crippen LogP contribution in [0.2, 0.25) is 0 Å². The molecule has 0 aliphatic carbocycles. The van der Waals surface area contributed by atoms with E-state index in [1.165, 1.54) is 6.92 Å². The Morgan fingerprint density at radius 1 is 1.67 bits per heavy atom. The molecule has 7 heteroatoms. The molecule has 0 N–H and O–H groups in total. The van der Waals surface area contributed by atoms with Crippen LogP contribution >= 0.6 is 0 Å². The van der Waals surface area contributed by atoms with Crippen LogP contribution in [0, 0.1) is 0 Å². The summed E-state index contributed by atoms with van der Waals surface area (Å²) in [6.45, 7) is 4.21. The molecule has 0 amide bonds. The van der Waals surface area contributed by atoms with E-state index >= 15 is 0 Å². The van der Waals surface area contributed by atoms with Crippen molar-refractivity contribution in [3.05, 3.63) is 12.8 Å². The molecule has 1 heterocycles. The third-order valence-electron chi connectivity index (χ3n) is 0.806. The van der Waals surface area contributed by atoms with Crippen LogP contribution in [-0.4, -0.2) is 32.3 Å². The third-order valence-corrected chi connectivity index (χ3v) is 0.806. The van der Waals surface area contributed by atoms with E-state index in [0.29, 0.717) is 7.18 Å². The van der Waals surface area contributed by atoms with Gasteiger partial charge in [-0.15, -0.1) is 0 Å². The van der Waals surface area contributed by atoms with Gasteiger partial charge in [-0.05, 0) is 0 Å². The minimum atomic E-state index is -1.55. The fourth-order valence-corrected chi connectivity index (χ4v) is 0.423. The SMILES string of the molecule is C=COC(C)=O.CF.O=C1OCC(F)O1. The molecule has 0 saturated carbocycles. The van der Waals surface area contributed by atoms with Gasteiger partial charge in [-0.25, -0.2) is 4.79 Å². The normalized spacial score (nSPS) is 16.8. The summed E-state index contributed by atoms with van der Waals surface area (Å²) in [4.78, 5) is 19.5. The molecule has 0 aromatic rings. The van der Waals surface area contributed by atoms with Crippen molar-refractivity contribution in [1.29, 1.82) is 0 Å². The molecule has 1 rings (SSSR count). The minimum Gasteiger partial charge on any atom is -0.435 e. The van der Waals surface area contributed by atoms with Gasteiger partial charge in [-0.3, -0.25) is 9.18 Å². The zero-order valence-electron chi connectivity index (χ0n) is 8.37. The summed E-state index contributed by atoms with van der Waals surface area (Å²) in [6, 6.07) is 0. The monoisotopic (exact) mass is 226 g/mol. The largest absolute Gasteiger partial charge is 0.511 e. The van der Waals surface area contributed by atoms with Crippen molar-refractivity contribution in [3.8, 4) is 0 Å². The summed E-state index contributed by atoms with van der Waals surface area (Å²) in [5, 5.41) is 0. The molecular formula is C8H12F2O5. The van der Waals surface area contributed by atoms with Crippen LogP contribution in [-0.2, 0) is 19.0 Å². The third kappa shape index (κ3) is 12.3. The number of hydrogen-bond donors (Lipinski definition) is 0. The first-order valence-electron chi connectivity index (χ1n) is 3.69. The molecule has 0 aromatic carbocycles. The fourth-order valence-electron chi connectivity index (χ4n) is 0.423. The zero-order chi connectivity index (χ0) is 12.3. The first kappa shape index (κ1) is 15.8. The molecule has 1 saturated heterocycles. The Bertz CT molecular complexity index is 207. The number of rotatable bonds is 1. The summed E-state index contributed by atoms with van der Waals surface area (Å²) in [5.41, 5.74) is 0. The van der Waals surface area contributed by atoms with E-state index in [-0.39, 0.29) is 12.6 Å². The van der Waals surface area contributed by atoms with E-state index in [1.807, 2.05) is 0 Å². The van der Waals surface area contributed by atoms with Gasteiger partial charge in [0.1, 0.15) is 0 Å². The molecule has 0 radical (unpaired) electrons. The van der Waals surface area contributed by atoms with Gasteiger partial charge < -0.3 is 14.2 Å². The average molecular weight is 226 g/mol. The Morgan fingerprint density at radius 2 is 2.20 bits per heavy atom. The Hall–Kier alpha value is -1.66. The molecule has 1 aliphatic rings. The van der Waals surface area contributed by atoms with Crippen LogP contribution in [0.5, 0.6) is 0 Å².